The first-order valence-corrected chi connectivity index (χ1v) is 7.12. The fourth-order valence-electron chi connectivity index (χ4n) is 1.81. The molecule has 0 radical (unpaired) electrons. The van der Waals surface area contributed by atoms with Gasteiger partial charge in [-0.2, -0.15) is 0 Å². The Labute approximate surface area is 121 Å². The van der Waals surface area contributed by atoms with Crippen LogP contribution in [0.5, 0.6) is 0 Å². The summed E-state index contributed by atoms with van der Waals surface area (Å²) in [6.07, 6.45) is 0. The van der Waals surface area contributed by atoms with E-state index in [1.807, 2.05) is 6.92 Å². The normalized spacial score (nSPS) is 12.2. The minimum atomic E-state index is -0.320. The zero-order valence-electron chi connectivity index (χ0n) is 10.6. The van der Waals surface area contributed by atoms with Crippen LogP contribution in [0, 0.1) is 5.82 Å². The Balaban J connectivity index is 2.22. The smallest absolute Gasteiger partial charge is 0.264 e. The number of thiol groups is 1. The topological polar surface area (TPSA) is 20.3 Å². The van der Waals surface area contributed by atoms with E-state index in [1.54, 1.807) is 36.7 Å². The molecule has 5 heteroatoms. The fraction of sp³-hybridized carbons (Fsp3) is 0.214. The molecular formula is C14H14FNOS2. The number of carbonyl (C=O) groups is 1. The molecule has 2 rings (SSSR count). The maximum absolute atomic E-state index is 13.7. The molecule has 0 saturated heterocycles. The van der Waals surface area contributed by atoms with Crippen molar-refractivity contribution in [1.82, 2.24) is 4.90 Å². The van der Waals surface area contributed by atoms with Gasteiger partial charge in [0, 0.05) is 22.9 Å². The lowest BCUT2D eigenvalue weighted by atomic mass is 10.1. The van der Waals surface area contributed by atoms with Gasteiger partial charge in [-0.1, -0.05) is 18.2 Å². The molecular weight excluding hydrogens is 281 g/mol. The van der Waals surface area contributed by atoms with Gasteiger partial charge in [0.15, 0.2) is 0 Å². The molecule has 0 spiro atoms. The van der Waals surface area contributed by atoms with Crippen LogP contribution >= 0.6 is 24.0 Å². The minimum absolute atomic E-state index is 0.124. The Bertz CT molecular complexity index is 597. The number of carbonyl (C=O) groups excluding carboxylic acids is 1. The summed E-state index contributed by atoms with van der Waals surface area (Å²) in [6.45, 7) is 1.81. The molecule has 0 bridgehead atoms. The number of amides is 1. The molecule has 100 valence electrons. The zero-order valence-corrected chi connectivity index (χ0v) is 12.3. The van der Waals surface area contributed by atoms with Gasteiger partial charge in [-0.3, -0.25) is 4.79 Å². The monoisotopic (exact) mass is 295 g/mol. The molecule has 1 atom stereocenters. The molecule has 1 heterocycles. The van der Waals surface area contributed by atoms with Gasteiger partial charge in [0.2, 0.25) is 0 Å². The van der Waals surface area contributed by atoms with Crippen LogP contribution in [-0.2, 0) is 0 Å². The first-order valence-electron chi connectivity index (χ1n) is 5.79. The summed E-state index contributed by atoms with van der Waals surface area (Å²) in [7, 11) is 1.68. The van der Waals surface area contributed by atoms with E-state index in [2.05, 4.69) is 12.6 Å². The predicted molar refractivity (Wildman–Crippen MR) is 78.5 cm³/mol. The van der Waals surface area contributed by atoms with Crippen molar-refractivity contribution >= 4 is 29.9 Å². The molecule has 0 aliphatic rings. The molecule has 1 aromatic carbocycles. The van der Waals surface area contributed by atoms with E-state index in [-0.39, 0.29) is 17.8 Å². The van der Waals surface area contributed by atoms with Crippen molar-refractivity contribution in [3.05, 3.63) is 52.0 Å². The number of halogens is 1. The third kappa shape index (κ3) is 2.98. The highest BCUT2D eigenvalue weighted by molar-refractivity contribution is 7.80. The van der Waals surface area contributed by atoms with Crippen LogP contribution in [0.4, 0.5) is 4.39 Å². The Kier molecular flexibility index (Phi) is 4.27. The van der Waals surface area contributed by atoms with Crippen molar-refractivity contribution in [2.45, 2.75) is 17.9 Å². The van der Waals surface area contributed by atoms with Crippen LogP contribution in [0.2, 0.25) is 0 Å². The largest absolute Gasteiger partial charge is 0.334 e. The zero-order chi connectivity index (χ0) is 14.0. The Morgan fingerprint density at radius 1 is 1.42 bits per heavy atom. The van der Waals surface area contributed by atoms with Gasteiger partial charge >= 0.3 is 0 Å². The lowest BCUT2D eigenvalue weighted by Gasteiger charge is -2.25. The van der Waals surface area contributed by atoms with Gasteiger partial charge in [0.1, 0.15) is 5.82 Å². The summed E-state index contributed by atoms with van der Waals surface area (Å²) in [4.78, 5) is 15.2. The van der Waals surface area contributed by atoms with Gasteiger partial charge < -0.3 is 4.90 Å². The second-order valence-electron chi connectivity index (χ2n) is 4.28. The van der Waals surface area contributed by atoms with E-state index in [4.69, 9.17) is 0 Å². The first kappa shape index (κ1) is 14.1. The Hall–Kier alpha value is -1.33. The number of rotatable bonds is 3. The standard InChI is InChI=1S/C14H14FNOS2/c1-9(11-5-3-4-6-12(11)15)16(2)14(17)13-7-10(18)8-19-13/h3-9,18H,1-2H3. The van der Waals surface area contributed by atoms with Crippen LogP contribution in [0.15, 0.2) is 40.6 Å². The minimum Gasteiger partial charge on any atom is -0.334 e. The van der Waals surface area contributed by atoms with Crippen LogP contribution in [0.1, 0.15) is 28.2 Å². The molecule has 0 aliphatic heterocycles. The van der Waals surface area contributed by atoms with Crippen LogP contribution in [0.25, 0.3) is 0 Å². The highest BCUT2D eigenvalue weighted by Gasteiger charge is 2.21. The third-order valence-corrected chi connectivity index (χ3v) is 4.40. The number of benzene rings is 1. The number of nitrogens with zero attached hydrogens (tertiary/aromatic N) is 1. The van der Waals surface area contributed by atoms with Crippen LogP contribution < -0.4 is 0 Å². The van der Waals surface area contributed by atoms with E-state index in [0.29, 0.717) is 10.4 Å². The molecule has 0 saturated carbocycles. The summed E-state index contributed by atoms with van der Waals surface area (Å²) >= 11 is 5.53. The second-order valence-corrected chi connectivity index (χ2v) is 5.71. The number of thiophene rings is 1. The highest BCUT2D eigenvalue weighted by atomic mass is 32.1. The lowest BCUT2D eigenvalue weighted by Crippen LogP contribution is -2.29. The number of hydrogen-bond acceptors (Lipinski definition) is 3. The van der Waals surface area contributed by atoms with E-state index in [1.165, 1.54) is 22.3 Å². The van der Waals surface area contributed by atoms with Gasteiger partial charge in [-0.15, -0.1) is 24.0 Å². The summed E-state index contributed by atoms with van der Waals surface area (Å²) in [5.41, 5.74) is 0.515. The molecule has 1 aromatic heterocycles. The predicted octanol–water partition coefficient (Wildman–Crippen LogP) is 4.01. The van der Waals surface area contributed by atoms with E-state index < -0.39 is 0 Å². The molecule has 2 aromatic rings. The van der Waals surface area contributed by atoms with E-state index in [9.17, 15) is 9.18 Å². The molecule has 1 amide bonds. The lowest BCUT2D eigenvalue weighted by molar-refractivity contribution is 0.0745. The van der Waals surface area contributed by atoms with Crippen molar-refractivity contribution in [3.63, 3.8) is 0 Å². The van der Waals surface area contributed by atoms with Crippen molar-refractivity contribution in [3.8, 4) is 0 Å². The van der Waals surface area contributed by atoms with Gasteiger partial charge in [-0.25, -0.2) is 4.39 Å². The molecule has 1 unspecified atom stereocenters. The van der Waals surface area contributed by atoms with Gasteiger partial charge in [0.25, 0.3) is 5.91 Å². The SMILES string of the molecule is CC(c1ccccc1F)N(C)C(=O)c1cc(S)cs1. The third-order valence-electron chi connectivity index (χ3n) is 3.05. The molecule has 0 N–H and O–H groups in total. The molecule has 19 heavy (non-hydrogen) atoms. The maximum atomic E-state index is 13.7. The maximum Gasteiger partial charge on any atom is 0.264 e. The van der Waals surface area contributed by atoms with Crippen LogP contribution in [-0.4, -0.2) is 17.9 Å². The van der Waals surface area contributed by atoms with Crippen molar-refractivity contribution in [2.75, 3.05) is 7.05 Å². The summed E-state index contributed by atoms with van der Waals surface area (Å²) < 4.78 is 13.7. The average Bonchev–Trinajstić information content (AvgIpc) is 2.83. The molecule has 2 nitrogen and oxygen atoms in total. The highest BCUT2D eigenvalue weighted by Crippen LogP contribution is 2.25. The van der Waals surface area contributed by atoms with E-state index in [0.717, 1.165) is 4.90 Å². The molecule has 0 fully saturated rings. The fourth-order valence-corrected chi connectivity index (χ4v) is 2.94. The van der Waals surface area contributed by atoms with Crippen molar-refractivity contribution in [2.24, 2.45) is 0 Å². The van der Waals surface area contributed by atoms with Crippen LogP contribution in [0.3, 0.4) is 0 Å². The first-order chi connectivity index (χ1) is 9.00. The van der Waals surface area contributed by atoms with Crippen molar-refractivity contribution in [1.29, 1.82) is 0 Å². The summed E-state index contributed by atoms with van der Waals surface area (Å²) in [5, 5.41) is 1.80. The molecule has 0 aliphatic carbocycles. The summed E-state index contributed by atoms with van der Waals surface area (Å²) in [6, 6.07) is 7.91. The van der Waals surface area contributed by atoms with Gasteiger partial charge in [-0.05, 0) is 19.1 Å². The summed E-state index contributed by atoms with van der Waals surface area (Å²) in [5.74, 6) is -0.420. The Morgan fingerprint density at radius 3 is 2.68 bits per heavy atom. The average molecular weight is 295 g/mol. The number of hydrogen-bond donors (Lipinski definition) is 1. The van der Waals surface area contributed by atoms with E-state index >= 15 is 0 Å². The van der Waals surface area contributed by atoms with Crippen molar-refractivity contribution < 1.29 is 9.18 Å². The van der Waals surface area contributed by atoms with Gasteiger partial charge in [0.05, 0.1) is 10.9 Å². The second kappa shape index (κ2) is 5.75. The Morgan fingerprint density at radius 2 is 2.11 bits per heavy atom. The quantitative estimate of drug-likeness (QED) is 0.848.